The summed E-state index contributed by atoms with van der Waals surface area (Å²) in [5.74, 6) is 1.64. The summed E-state index contributed by atoms with van der Waals surface area (Å²) in [4.78, 5) is 0. The minimum Gasteiger partial charge on any atom is -0.0773 e. The molecule has 0 aliphatic heterocycles. The molecule has 2 aliphatic carbocycles. The molecule has 0 heteroatoms. The van der Waals surface area contributed by atoms with Crippen LogP contribution in [0.25, 0.3) is 0 Å². The van der Waals surface area contributed by atoms with Crippen molar-refractivity contribution in [2.45, 2.75) is 25.7 Å². The Morgan fingerprint density at radius 3 is 1.92 bits per heavy atom. The molecule has 2 aliphatic rings. The molecule has 0 heterocycles. The number of hydrogen-bond donors (Lipinski definition) is 0. The fourth-order valence-corrected chi connectivity index (χ4v) is 2.23. The normalized spacial score (nSPS) is 25.0. The molecule has 0 aromatic heterocycles. The molecule has 12 heavy (non-hydrogen) atoms. The molecule has 0 amide bonds. The standard InChI is InChI=1S/C12H16/c1-2-4-8-11(7-3-1)12-9-5-6-10-12/h1-4,7-8,11-12H,5-6,9-10H2. The number of rotatable bonds is 1. The van der Waals surface area contributed by atoms with Crippen LogP contribution in [0.4, 0.5) is 0 Å². The largest absolute Gasteiger partial charge is 0.0773 e. The SMILES string of the molecule is C1=CC=CC(C2CCCC2)C=C1. The van der Waals surface area contributed by atoms with Gasteiger partial charge < -0.3 is 0 Å². The van der Waals surface area contributed by atoms with Gasteiger partial charge in [-0.2, -0.15) is 0 Å². The van der Waals surface area contributed by atoms with Gasteiger partial charge in [-0.15, -0.1) is 0 Å². The maximum atomic E-state index is 2.34. The van der Waals surface area contributed by atoms with E-state index in [1.165, 1.54) is 25.7 Å². The lowest BCUT2D eigenvalue weighted by Crippen LogP contribution is -2.05. The molecule has 0 aromatic rings. The van der Waals surface area contributed by atoms with E-state index in [1.54, 1.807) is 0 Å². The molecule has 0 nitrogen and oxygen atoms in total. The Morgan fingerprint density at radius 2 is 1.33 bits per heavy atom. The van der Waals surface area contributed by atoms with Gasteiger partial charge in [-0.25, -0.2) is 0 Å². The number of hydrogen-bond acceptors (Lipinski definition) is 0. The Morgan fingerprint density at radius 1 is 0.750 bits per heavy atom. The average molecular weight is 160 g/mol. The summed E-state index contributed by atoms with van der Waals surface area (Å²) in [5.41, 5.74) is 0. The van der Waals surface area contributed by atoms with Crippen molar-refractivity contribution in [3.63, 3.8) is 0 Å². The first kappa shape index (κ1) is 7.85. The van der Waals surface area contributed by atoms with Gasteiger partial charge >= 0.3 is 0 Å². The molecule has 0 atom stereocenters. The summed E-state index contributed by atoms with van der Waals surface area (Å²) in [6, 6.07) is 0. The summed E-state index contributed by atoms with van der Waals surface area (Å²) < 4.78 is 0. The Hall–Kier alpha value is -0.780. The van der Waals surface area contributed by atoms with E-state index in [0.29, 0.717) is 5.92 Å². The van der Waals surface area contributed by atoms with E-state index in [4.69, 9.17) is 0 Å². The van der Waals surface area contributed by atoms with Crippen LogP contribution >= 0.6 is 0 Å². The minimum atomic E-state index is 0.711. The van der Waals surface area contributed by atoms with Crippen LogP contribution in [0.3, 0.4) is 0 Å². The van der Waals surface area contributed by atoms with Gasteiger partial charge in [-0.05, 0) is 24.7 Å². The first-order chi connectivity index (χ1) is 5.97. The highest BCUT2D eigenvalue weighted by atomic mass is 14.3. The highest BCUT2D eigenvalue weighted by molar-refractivity contribution is 5.20. The third-order valence-corrected chi connectivity index (χ3v) is 2.94. The number of allylic oxidation sites excluding steroid dienone is 6. The molecule has 1 saturated carbocycles. The van der Waals surface area contributed by atoms with Crippen LogP contribution in [-0.4, -0.2) is 0 Å². The molecule has 1 fully saturated rings. The van der Waals surface area contributed by atoms with Crippen molar-refractivity contribution in [1.82, 2.24) is 0 Å². The van der Waals surface area contributed by atoms with E-state index in [2.05, 4.69) is 36.5 Å². The zero-order chi connectivity index (χ0) is 8.23. The lowest BCUT2D eigenvalue weighted by Gasteiger charge is -2.14. The highest BCUT2D eigenvalue weighted by Gasteiger charge is 2.20. The predicted molar refractivity (Wildman–Crippen MR) is 52.9 cm³/mol. The van der Waals surface area contributed by atoms with E-state index < -0.39 is 0 Å². The average Bonchev–Trinajstić information content (AvgIpc) is 2.48. The van der Waals surface area contributed by atoms with Gasteiger partial charge in [0.2, 0.25) is 0 Å². The second-order valence-electron chi connectivity index (χ2n) is 3.78. The summed E-state index contributed by atoms with van der Waals surface area (Å²) in [7, 11) is 0. The molecular formula is C12H16. The lowest BCUT2D eigenvalue weighted by atomic mass is 9.90. The van der Waals surface area contributed by atoms with E-state index in [1.807, 2.05) is 0 Å². The molecule has 2 rings (SSSR count). The second kappa shape index (κ2) is 3.75. The van der Waals surface area contributed by atoms with Gasteiger partial charge in [0.1, 0.15) is 0 Å². The van der Waals surface area contributed by atoms with E-state index >= 15 is 0 Å². The van der Waals surface area contributed by atoms with Crippen LogP contribution in [0, 0.1) is 11.8 Å². The first-order valence-corrected chi connectivity index (χ1v) is 4.98. The topological polar surface area (TPSA) is 0 Å². The fourth-order valence-electron chi connectivity index (χ4n) is 2.23. The molecule has 0 saturated heterocycles. The van der Waals surface area contributed by atoms with E-state index in [9.17, 15) is 0 Å². The molecule has 0 spiro atoms. The van der Waals surface area contributed by atoms with Crippen LogP contribution in [0.2, 0.25) is 0 Å². The summed E-state index contributed by atoms with van der Waals surface area (Å²) in [5, 5.41) is 0. The van der Waals surface area contributed by atoms with Crippen LogP contribution in [0.15, 0.2) is 36.5 Å². The summed E-state index contributed by atoms with van der Waals surface area (Å²) in [6.45, 7) is 0. The van der Waals surface area contributed by atoms with Gasteiger partial charge in [0.05, 0.1) is 0 Å². The van der Waals surface area contributed by atoms with Crippen molar-refractivity contribution in [2.75, 3.05) is 0 Å². The van der Waals surface area contributed by atoms with E-state index in [-0.39, 0.29) is 0 Å². The van der Waals surface area contributed by atoms with Gasteiger partial charge in [0.25, 0.3) is 0 Å². The van der Waals surface area contributed by atoms with Crippen molar-refractivity contribution in [2.24, 2.45) is 11.8 Å². The third kappa shape index (κ3) is 1.69. The molecule has 0 aromatic carbocycles. The molecule has 64 valence electrons. The predicted octanol–water partition coefficient (Wildman–Crippen LogP) is 3.48. The smallest absolute Gasteiger partial charge is 0.00190 e. The minimum absolute atomic E-state index is 0.711. The van der Waals surface area contributed by atoms with Crippen molar-refractivity contribution in [3.05, 3.63) is 36.5 Å². The highest BCUT2D eigenvalue weighted by Crippen LogP contribution is 2.33. The Labute approximate surface area is 74.7 Å². The van der Waals surface area contributed by atoms with Crippen LogP contribution in [-0.2, 0) is 0 Å². The van der Waals surface area contributed by atoms with Gasteiger partial charge in [0, 0.05) is 0 Å². The Balaban J connectivity index is 2.02. The van der Waals surface area contributed by atoms with Crippen molar-refractivity contribution >= 4 is 0 Å². The maximum Gasteiger partial charge on any atom is -0.00190 e. The van der Waals surface area contributed by atoms with Gasteiger partial charge in [-0.1, -0.05) is 49.3 Å². The summed E-state index contributed by atoms with van der Waals surface area (Å²) >= 11 is 0. The van der Waals surface area contributed by atoms with Crippen molar-refractivity contribution in [1.29, 1.82) is 0 Å². The Kier molecular flexibility index (Phi) is 2.45. The molecule has 0 bridgehead atoms. The monoisotopic (exact) mass is 160 g/mol. The summed E-state index contributed by atoms with van der Waals surface area (Å²) in [6.07, 6.45) is 19.0. The zero-order valence-corrected chi connectivity index (χ0v) is 7.45. The van der Waals surface area contributed by atoms with Gasteiger partial charge in [-0.3, -0.25) is 0 Å². The fraction of sp³-hybridized carbons (Fsp3) is 0.500. The van der Waals surface area contributed by atoms with E-state index in [0.717, 1.165) is 5.92 Å². The zero-order valence-electron chi connectivity index (χ0n) is 7.45. The molecule has 0 N–H and O–H groups in total. The van der Waals surface area contributed by atoms with Crippen LogP contribution in [0.1, 0.15) is 25.7 Å². The maximum absolute atomic E-state index is 2.34. The second-order valence-corrected chi connectivity index (χ2v) is 3.78. The van der Waals surface area contributed by atoms with Crippen molar-refractivity contribution in [3.8, 4) is 0 Å². The van der Waals surface area contributed by atoms with Crippen LogP contribution in [0.5, 0.6) is 0 Å². The molecule has 0 radical (unpaired) electrons. The lowest BCUT2D eigenvalue weighted by molar-refractivity contribution is 0.470. The quantitative estimate of drug-likeness (QED) is 0.551. The molecular weight excluding hydrogens is 144 g/mol. The van der Waals surface area contributed by atoms with Crippen LogP contribution < -0.4 is 0 Å². The van der Waals surface area contributed by atoms with Crippen molar-refractivity contribution < 1.29 is 0 Å². The van der Waals surface area contributed by atoms with Gasteiger partial charge in [0.15, 0.2) is 0 Å². The first-order valence-electron chi connectivity index (χ1n) is 4.98. The Bertz CT molecular complexity index is 198. The third-order valence-electron chi connectivity index (χ3n) is 2.94. The molecule has 0 unspecified atom stereocenters.